The van der Waals surface area contributed by atoms with Crippen molar-refractivity contribution < 1.29 is 5.11 Å². The molecule has 1 fully saturated rings. The molecule has 0 atom stereocenters. The lowest BCUT2D eigenvalue weighted by molar-refractivity contribution is 0.323. The number of pyridine rings is 1. The van der Waals surface area contributed by atoms with Crippen molar-refractivity contribution in [3.63, 3.8) is 0 Å². The number of anilines is 2. The number of nitrogens with zero attached hydrogens (tertiary/aromatic N) is 4. The molecule has 2 aromatic heterocycles. The van der Waals surface area contributed by atoms with E-state index in [2.05, 4.69) is 21.7 Å². The van der Waals surface area contributed by atoms with E-state index in [1.54, 1.807) is 6.07 Å². The minimum absolute atomic E-state index is 0.235. The van der Waals surface area contributed by atoms with Gasteiger partial charge in [-0.15, -0.1) is 0 Å². The first kappa shape index (κ1) is 22.3. The summed E-state index contributed by atoms with van der Waals surface area (Å²) in [4.78, 5) is 16.2. The van der Waals surface area contributed by atoms with Gasteiger partial charge in [-0.05, 0) is 62.4 Å². The molecule has 0 amide bonds. The van der Waals surface area contributed by atoms with E-state index in [4.69, 9.17) is 9.97 Å². The Morgan fingerprint density at radius 3 is 2.56 bits per heavy atom. The summed E-state index contributed by atoms with van der Waals surface area (Å²) in [5.74, 6) is 2.55. The van der Waals surface area contributed by atoms with Gasteiger partial charge in [-0.1, -0.05) is 30.3 Å². The van der Waals surface area contributed by atoms with Gasteiger partial charge in [0.15, 0.2) is 0 Å². The summed E-state index contributed by atoms with van der Waals surface area (Å²) in [6.45, 7) is 1.69. The SMILES string of the molecule is CN(C)c1nc(N[C@H]2CC[C@@H](CNCc3ccc4cccc(O)c4n3)CC2)nc2ccccc12. The van der Waals surface area contributed by atoms with Crippen LogP contribution in [-0.2, 0) is 6.54 Å². The van der Waals surface area contributed by atoms with Crippen LogP contribution in [0.1, 0.15) is 31.4 Å². The predicted octanol–water partition coefficient (Wildman–Crippen LogP) is 4.71. The summed E-state index contributed by atoms with van der Waals surface area (Å²) in [5.41, 5.74) is 2.59. The maximum atomic E-state index is 10.0. The molecule has 0 radical (unpaired) electrons. The Hall–Kier alpha value is -3.45. The van der Waals surface area contributed by atoms with Crippen LogP contribution in [-0.4, -0.2) is 46.7 Å². The second kappa shape index (κ2) is 9.81. The second-order valence-electron chi connectivity index (χ2n) is 9.43. The van der Waals surface area contributed by atoms with Crippen LogP contribution in [0.5, 0.6) is 5.75 Å². The number of phenols is 1. The van der Waals surface area contributed by atoms with Gasteiger partial charge in [0, 0.05) is 37.5 Å². The monoisotopic (exact) mass is 456 g/mol. The van der Waals surface area contributed by atoms with E-state index in [1.807, 2.05) is 61.5 Å². The molecule has 7 heteroatoms. The molecule has 5 rings (SSSR count). The summed E-state index contributed by atoms with van der Waals surface area (Å²) in [5, 5.41) is 19.2. The van der Waals surface area contributed by atoms with Gasteiger partial charge in [-0.2, -0.15) is 4.98 Å². The van der Waals surface area contributed by atoms with Gasteiger partial charge in [0.25, 0.3) is 0 Å². The molecule has 0 unspecified atom stereocenters. The Kier molecular flexibility index (Phi) is 6.45. The van der Waals surface area contributed by atoms with Gasteiger partial charge < -0.3 is 20.6 Å². The average Bonchev–Trinajstić information content (AvgIpc) is 2.85. The van der Waals surface area contributed by atoms with Crippen molar-refractivity contribution in [3.8, 4) is 5.75 Å². The largest absolute Gasteiger partial charge is 0.506 e. The minimum atomic E-state index is 0.235. The summed E-state index contributed by atoms with van der Waals surface area (Å²) in [6.07, 6.45) is 4.57. The lowest BCUT2D eigenvalue weighted by Gasteiger charge is -2.29. The molecule has 34 heavy (non-hydrogen) atoms. The predicted molar refractivity (Wildman–Crippen MR) is 138 cm³/mol. The summed E-state index contributed by atoms with van der Waals surface area (Å²) < 4.78 is 0. The van der Waals surface area contributed by atoms with Crippen molar-refractivity contribution in [3.05, 3.63) is 60.3 Å². The third-order valence-electron chi connectivity index (χ3n) is 6.68. The lowest BCUT2D eigenvalue weighted by Crippen LogP contribution is -2.31. The van der Waals surface area contributed by atoms with E-state index in [1.165, 1.54) is 12.8 Å². The van der Waals surface area contributed by atoms with Crippen LogP contribution in [0.4, 0.5) is 11.8 Å². The first-order valence-corrected chi connectivity index (χ1v) is 12.1. The average molecular weight is 457 g/mol. The van der Waals surface area contributed by atoms with Crippen LogP contribution in [0.25, 0.3) is 21.8 Å². The fraction of sp³-hybridized carbons (Fsp3) is 0.370. The molecule has 176 valence electrons. The first-order valence-electron chi connectivity index (χ1n) is 12.1. The van der Waals surface area contributed by atoms with Crippen molar-refractivity contribution >= 4 is 33.6 Å². The molecule has 1 aliphatic carbocycles. The molecular weight excluding hydrogens is 424 g/mol. The van der Waals surface area contributed by atoms with E-state index >= 15 is 0 Å². The third-order valence-corrected chi connectivity index (χ3v) is 6.68. The van der Waals surface area contributed by atoms with Gasteiger partial charge >= 0.3 is 0 Å². The Balaban J connectivity index is 1.13. The molecule has 2 heterocycles. The van der Waals surface area contributed by atoms with Crippen molar-refractivity contribution in [2.24, 2.45) is 5.92 Å². The quantitative estimate of drug-likeness (QED) is 0.371. The zero-order valence-electron chi connectivity index (χ0n) is 19.8. The van der Waals surface area contributed by atoms with Crippen molar-refractivity contribution in [1.82, 2.24) is 20.3 Å². The number of fused-ring (bicyclic) bond motifs is 2. The molecule has 7 nitrogen and oxygen atoms in total. The fourth-order valence-corrected chi connectivity index (χ4v) is 4.83. The van der Waals surface area contributed by atoms with E-state index in [0.29, 0.717) is 24.0 Å². The number of hydrogen-bond donors (Lipinski definition) is 3. The minimum Gasteiger partial charge on any atom is -0.506 e. The highest BCUT2D eigenvalue weighted by molar-refractivity contribution is 5.90. The molecule has 3 N–H and O–H groups in total. The van der Waals surface area contributed by atoms with Crippen molar-refractivity contribution in [2.75, 3.05) is 30.9 Å². The van der Waals surface area contributed by atoms with Gasteiger partial charge in [-0.25, -0.2) is 9.97 Å². The Morgan fingerprint density at radius 1 is 0.912 bits per heavy atom. The second-order valence-corrected chi connectivity index (χ2v) is 9.43. The molecule has 0 saturated heterocycles. The summed E-state index contributed by atoms with van der Waals surface area (Å²) in [6, 6.07) is 18.1. The van der Waals surface area contributed by atoms with Gasteiger partial charge in [0.05, 0.1) is 11.2 Å². The van der Waals surface area contributed by atoms with Crippen molar-refractivity contribution in [1.29, 1.82) is 0 Å². The number of para-hydroxylation sites is 2. The maximum absolute atomic E-state index is 10.0. The topological polar surface area (TPSA) is 86.2 Å². The normalized spacial score (nSPS) is 18.3. The highest BCUT2D eigenvalue weighted by Gasteiger charge is 2.22. The van der Waals surface area contributed by atoms with Crippen LogP contribution in [0.2, 0.25) is 0 Å². The third kappa shape index (κ3) is 4.89. The maximum Gasteiger partial charge on any atom is 0.225 e. The molecule has 0 aliphatic heterocycles. The van der Waals surface area contributed by atoms with Crippen LogP contribution >= 0.6 is 0 Å². The zero-order chi connectivity index (χ0) is 23.5. The smallest absolute Gasteiger partial charge is 0.225 e. The Morgan fingerprint density at radius 2 is 1.74 bits per heavy atom. The van der Waals surface area contributed by atoms with Gasteiger partial charge in [0.2, 0.25) is 5.95 Å². The summed E-state index contributed by atoms with van der Waals surface area (Å²) >= 11 is 0. The Bertz CT molecular complexity index is 1280. The van der Waals surface area contributed by atoms with E-state index < -0.39 is 0 Å². The van der Waals surface area contributed by atoms with Crippen LogP contribution in [0, 0.1) is 5.92 Å². The molecule has 1 aliphatic rings. The number of benzene rings is 2. The van der Waals surface area contributed by atoms with Crippen LogP contribution < -0.4 is 15.5 Å². The van der Waals surface area contributed by atoms with Crippen LogP contribution in [0.15, 0.2) is 54.6 Å². The van der Waals surface area contributed by atoms with Gasteiger partial charge in [0.1, 0.15) is 17.1 Å². The highest BCUT2D eigenvalue weighted by Crippen LogP contribution is 2.28. The fourth-order valence-electron chi connectivity index (χ4n) is 4.83. The zero-order valence-corrected chi connectivity index (χ0v) is 19.8. The number of rotatable bonds is 7. The van der Waals surface area contributed by atoms with Crippen molar-refractivity contribution in [2.45, 2.75) is 38.3 Å². The molecule has 0 spiro atoms. The standard InChI is InChI=1S/C27H32N6O/c1-33(2)26-22-7-3-4-8-23(22)31-27(32-26)30-20-13-10-18(11-14-20)16-28-17-21-15-12-19-6-5-9-24(34)25(19)29-21/h3-9,12,15,18,20,28,34H,10-11,13-14,16-17H2,1-2H3,(H,30,31,32)/t18-,20+. The summed E-state index contributed by atoms with van der Waals surface area (Å²) in [7, 11) is 4.04. The van der Waals surface area contributed by atoms with E-state index in [9.17, 15) is 5.11 Å². The molecule has 0 bridgehead atoms. The molecule has 2 aromatic carbocycles. The molecular formula is C27H32N6O. The highest BCUT2D eigenvalue weighted by atomic mass is 16.3. The number of aromatic nitrogens is 3. The number of hydrogen-bond acceptors (Lipinski definition) is 7. The number of nitrogens with one attached hydrogen (secondary N) is 2. The Labute approximate surface area is 200 Å². The molecule has 1 saturated carbocycles. The number of phenolic OH excluding ortho intramolecular Hbond substituents is 1. The van der Waals surface area contributed by atoms with E-state index in [-0.39, 0.29) is 5.75 Å². The lowest BCUT2D eigenvalue weighted by atomic mass is 9.86. The number of aromatic hydroxyl groups is 1. The van der Waals surface area contributed by atoms with Crippen LogP contribution in [0.3, 0.4) is 0 Å². The first-order chi connectivity index (χ1) is 16.6. The molecule has 4 aromatic rings. The van der Waals surface area contributed by atoms with E-state index in [0.717, 1.165) is 53.1 Å². The van der Waals surface area contributed by atoms with Gasteiger partial charge in [-0.3, -0.25) is 0 Å².